The van der Waals surface area contributed by atoms with Crippen LogP contribution >= 0.6 is 0 Å². The van der Waals surface area contributed by atoms with Gasteiger partial charge in [-0.05, 0) is 25.0 Å². The Morgan fingerprint density at radius 1 is 1.03 bits per heavy atom. The molecule has 3 aromatic heterocycles. The van der Waals surface area contributed by atoms with Crippen molar-refractivity contribution < 1.29 is 23.0 Å². The molecule has 1 aromatic carbocycles. The van der Waals surface area contributed by atoms with Crippen LogP contribution in [-0.4, -0.2) is 47.0 Å². The second kappa shape index (κ2) is 6.49. The van der Waals surface area contributed by atoms with E-state index in [1.807, 2.05) is 0 Å². The number of ether oxygens (including phenoxy) is 1. The van der Waals surface area contributed by atoms with E-state index in [4.69, 9.17) is 4.74 Å². The van der Waals surface area contributed by atoms with Gasteiger partial charge in [-0.2, -0.15) is 13.2 Å². The maximum Gasteiger partial charge on any atom is 0.416 e. The van der Waals surface area contributed by atoms with Crippen LogP contribution in [0.2, 0.25) is 0 Å². The summed E-state index contributed by atoms with van der Waals surface area (Å²) in [5.74, 6) is 0.370. The molecule has 1 aliphatic heterocycles. The quantitative estimate of drug-likeness (QED) is 0.565. The van der Waals surface area contributed by atoms with Gasteiger partial charge in [0.25, 0.3) is 0 Å². The van der Waals surface area contributed by atoms with Crippen molar-refractivity contribution in [2.24, 2.45) is 0 Å². The van der Waals surface area contributed by atoms with Gasteiger partial charge in [0.2, 0.25) is 0 Å². The van der Waals surface area contributed by atoms with E-state index >= 15 is 0 Å². The molecule has 29 heavy (non-hydrogen) atoms. The second-order valence-electron chi connectivity index (χ2n) is 6.83. The first-order valence-corrected chi connectivity index (χ1v) is 8.96. The Morgan fingerprint density at radius 2 is 1.83 bits per heavy atom. The number of rotatable bonds is 3. The molecular formula is C18H15F3N6O2. The Hall–Kier alpha value is -3.05. The number of imidazole rings is 1. The first kappa shape index (κ1) is 18.0. The minimum atomic E-state index is -4.40. The second-order valence-corrected chi connectivity index (χ2v) is 6.83. The number of hydrogen-bond acceptors (Lipinski definition) is 6. The first-order chi connectivity index (χ1) is 14.0. The van der Waals surface area contributed by atoms with Gasteiger partial charge in [0.05, 0.1) is 24.6 Å². The molecule has 5 rings (SSSR count). The third-order valence-electron chi connectivity index (χ3n) is 5.04. The number of hydrogen-bond donors (Lipinski definition) is 1. The van der Waals surface area contributed by atoms with Crippen molar-refractivity contribution in [2.45, 2.75) is 31.3 Å². The summed E-state index contributed by atoms with van der Waals surface area (Å²) in [6.45, 7) is -0.0402. The van der Waals surface area contributed by atoms with E-state index in [9.17, 15) is 18.3 Å². The van der Waals surface area contributed by atoms with E-state index in [1.165, 1.54) is 18.5 Å². The zero-order chi connectivity index (χ0) is 20.2. The molecule has 4 heterocycles. The molecule has 0 unspecified atom stereocenters. The van der Waals surface area contributed by atoms with Gasteiger partial charge in [-0.3, -0.25) is 8.97 Å². The lowest BCUT2D eigenvalue weighted by molar-refractivity contribution is -0.137. The van der Waals surface area contributed by atoms with Crippen molar-refractivity contribution in [1.29, 1.82) is 0 Å². The number of aliphatic hydroxyl groups is 1. The molecule has 0 bridgehead atoms. The molecule has 1 N–H and O–H groups in total. The van der Waals surface area contributed by atoms with E-state index in [1.54, 1.807) is 15.3 Å². The zero-order valence-electron chi connectivity index (χ0n) is 14.9. The van der Waals surface area contributed by atoms with Crippen LogP contribution in [0.4, 0.5) is 13.2 Å². The highest BCUT2D eigenvalue weighted by Crippen LogP contribution is 2.32. The van der Waals surface area contributed by atoms with E-state index in [2.05, 4.69) is 20.2 Å². The van der Waals surface area contributed by atoms with Crippen molar-refractivity contribution in [1.82, 2.24) is 29.1 Å². The molecule has 0 radical (unpaired) electrons. The Morgan fingerprint density at radius 3 is 2.52 bits per heavy atom. The number of halogens is 3. The van der Waals surface area contributed by atoms with Gasteiger partial charge in [0.15, 0.2) is 22.6 Å². The maximum absolute atomic E-state index is 12.8. The SMILES string of the molecule is OC[C@@H]1CC[C@H](n2cnc3c2ncn2c(-c4ccc(C(F)(F)F)cc4)nnc32)O1. The lowest BCUT2D eigenvalue weighted by atomic mass is 10.1. The highest BCUT2D eigenvalue weighted by atomic mass is 19.4. The minimum absolute atomic E-state index is 0.0402. The highest BCUT2D eigenvalue weighted by molar-refractivity contribution is 5.86. The zero-order valence-corrected chi connectivity index (χ0v) is 14.9. The van der Waals surface area contributed by atoms with Gasteiger partial charge >= 0.3 is 6.18 Å². The number of alkyl halides is 3. The van der Waals surface area contributed by atoms with Gasteiger partial charge < -0.3 is 9.84 Å². The number of nitrogens with zero attached hydrogens (tertiary/aromatic N) is 6. The largest absolute Gasteiger partial charge is 0.416 e. The van der Waals surface area contributed by atoms with E-state index < -0.39 is 11.7 Å². The van der Waals surface area contributed by atoms with Crippen LogP contribution in [0.3, 0.4) is 0 Å². The fraction of sp³-hybridized carbons (Fsp3) is 0.333. The summed E-state index contributed by atoms with van der Waals surface area (Å²) in [7, 11) is 0. The minimum Gasteiger partial charge on any atom is -0.394 e. The van der Waals surface area contributed by atoms with Crippen LogP contribution in [-0.2, 0) is 10.9 Å². The maximum atomic E-state index is 12.8. The van der Waals surface area contributed by atoms with Crippen LogP contribution in [0.15, 0.2) is 36.9 Å². The third kappa shape index (κ3) is 2.93. The molecule has 2 atom stereocenters. The summed E-state index contributed by atoms with van der Waals surface area (Å²) in [5.41, 5.74) is 1.27. The lowest BCUT2D eigenvalue weighted by Crippen LogP contribution is -2.14. The predicted molar refractivity (Wildman–Crippen MR) is 94.7 cm³/mol. The van der Waals surface area contributed by atoms with Crippen molar-refractivity contribution >= 4 is 16.8 Å². The number of aliphatic hydroxyl groups excluding tert-OH is 1. The predicted octanol–water partition coefficient (Wildman–Crippen LogP) is 2.83. The summed E-state index contributed by atoms with van der Waals surface area (Å²) < 4.78 is 47.5. The van der Waals surface area contributed by atoms with Crippen LogP contribution < -0.4 is 0 Å². The summed E-state index contributed by atoms with van der Waals surface area (Å²) in [6, 6.07) is 4.71. The molecule has 150 valence electrons. The molecule has 11 heteroatoms. The molecule has 0 saturated carbocycles. The van der Waals surface area contributed by atoms with Gasteiger partial charge in [0, 0.05) is 5.56 Å². The van der Waals surface area contributed by atoms with Gasteiger partial charge in [-0.25, -0.2) is 9.97 Å². The normalized spacial score (nSPS) is 20.1. The average molecular weight is 404 g/mol. The summed E-state index contributed by atoms with van der Waals surface area (Å²) in [6.07, 6.45) is -0.289. The molecule has 8 nitrogen and oxygen atoms in total. The van der Waals surface area contributed by atoms with Gasteiger partial charge in [0.1, 0.15) is 12.6 Å². The molecule has 4 aromatic rings. The third-order valence-corrected chi connectivity index (χ3v) is 5.04. The van der Waals surface area contributed by atoms with Crippen molar-refractivity contribution in [3.8, 4) is 11.4 Å². The van der Waals surface area contributed by atoms with E-state index in [0.29, 0.717) is 28.2 Å². The van der Waals surface area contributed by atoms with Crippen molar-refractivity contribution in [3.05, 3.63) is 42.5 Å². The van der Waals surface area contributed by atoms with E-state index in [0.717, 1.165) is 25.0 Å². The Labute approximate surface area is 161 Å². The van der Waals surface area contributed by atoms with Crippen LogP contribution in [0.25, 0.3) is 28.2 Å². The standard InChI is InChI=1S/C18H15F3N6O2/c19-18(20,21)11-3-1-10(2-4-11)15-24-25-17-14-16(23-9-27(15)17)26(8-22-14)13-6-5-12(7-28)29-13/h1-4,8-9,12-13,28H,5-7H2/t12-,13+/m0/s1. The first-order valence-electron chi connectivity index (χ1n) is 8.96. The van der Waals surface area contributed by atoms with Gasteiger partial charge in [-0.15, -0.1) is 10.2 Å². The fourth-order valence-corrected chi connectivity index (χ4v) is 3.56. The summed E-state index contributed by atoms with van der Waals surface area (Å²) in [4.78, 5) is 8.82. The Balaban J connectivity index is 1.54. The Kier molecular flexibility index (Phi) is 4.03. The fourth-order valence-electron chi connectivity index (χ4n) is 3.56. The number of benzene rings is 1. The molecule has 0 aliphatic carbocycles. The van der Waals surface area contributed by atoms with Crippen molar-refractivity contribution in [2.75, 3.05) is 6.61 Å². The molecule has 1 fully saturated rings. The molecular weight excluding hydrogens is 389 g/mol. The smallest absolute Gasteiger partial charge is 0.394 e. The number of aromatic nitrogens is 6. The number of fused-ring (bicyclic) bond motifs is 3. The summed E-state index contributed by atoms with van der Waals surface area (Å²) >= 11 is 0. The van der Waals surface area contributed by atoms with Crippen molar-refractivity contribution in [3.63, 3.8) is 0 Å². The summed E-state index contributed by atoms with van der Waals surface area (Å²) in [5, 5.41) is 17.5. The van der Waals surface area contributed by atoms with E-state index in [-0.39, 0.29) is 18.9 Å². The van der Waals surface area contributed by atoms with Crippen LogP contribution in [0.1, 0.15) is 24.6 Å². The lowest BCUT2D eigenvalue weighted by Gasteiger charge is -2.13. The monoisotopic (exact) mass is 404 g/mol. The molecule has 1 aliphatic rings. The molecule has 0 spiro atoms. The van der Waals surface area contributed by atoms with Crippen LogP contribution in [0.5, 0.6) is 0 Å². The molecule has 1 saturated heterocycles. The Bertz CT molecular complexity index is 1180. The highest BCUT2D eigenvalue weighted by Gasteiger charge is 2.30. The average Bonchev–Trinajstić information content (AvgIpc) is 3.43. The van der Waals surface area contributed by atoms with Gasteiger partial charge in [-0.1, -0.05) is 12.1 Å². The molecule has 0 amide bonds. The topological polar surface area (TPSA) is 90.4 Å². The van der Waals surface area contributed by atoms with Crippen LogP contribution in [0, 0.1) is 0 Å².